The Morgan fingerprint density at radius 1 is 1.06 bits per heavy atom. The van der Waals surface area contributed by atoms with Crippen LogP contribution in [0.2, 0.25) is 10.0 Å². The number of fused-ring (bicyclic) bond motifs is 1. The van der Waals surface area contributed by atoms with Crippen LogP contribution in [-0.2, 0) is 18.4 Å². The van der Waals surface area contributed by atoms with Crippen molar-refractivity contribution >= 4 is 63.4 Å². The summed E-state index contributed by atoms with van der Waals surface area (Å²) in [4.78, 5) is 32.0. The highest BCUT2D eigenvalue weighted by Crippen LogP contribution is 2.40. The van der Waals surface area contributed by atoms with Gasteiger partial charge in [0.1, 0.15) is 11.7 Å². The Bertz CT molecular complexity index is 1680. The molecule has 2 heterocycles. The first kappa shape index (κ1) is 35.0. The van der Waals surface area contributed by atoms with E-state index in [9.17, 15) is 27.2 Å². The Morgan fingerprint density at radius 3 is 2.34 bits per heavy atom. The number of hydrogen-bond acceptors (Lipinski definition) is 5. The molecule has 2 fully saturated rings. The third-order valence-electron chi connectivity index (χ3n) is 8.82. The maximum absolute atomic E-state index is 16.5. The van der Waals surface area contributed by atoms with E-state index in [2.05, 4.69) is 20.9 Å². The van der Waals surface area contributed by atoms with Crippen LogP contribution in [0, 0.1) is 17.2 Å². The van der Waals surface area contributed by atoms with Crippen LogP contribution in [0.4, 0.5) is 39.3 Å². The van der Waals surface area contributed by atoms with Crippen LogP contribution in [0.15, 0.2) is 18.2 Å². The maximum atomic E-state index is 16.5. The quantitative estimate of drug-likeness (QED) is 0.219. The first-order chi connectivity index (χ1) is 22.0. The number of hydrogen-bond donors (Lipinski definition) is 3. The summed E-state index contributed by atoms with van der Waals surface area (Å²) in [5, 5.41) is 9.12. The summed E-state index contributed by atoms with van der Waals surface area (Å²) in [5.41, 5.74) is 0.189. The molecule has 1 aliphatic heterocycles. The van der Waals surface area contributed by atoms with Gasteiger partial charge in [-0.25, -0.2) is 13.8 Å². The van der Waals surface area contributed by atoms with Crippen LogP contribution >= 0.6 is 23.2 Å². The number of carbonyl (C=O) groups excluding carboxylic acids is 2. The molecule has 3 N–H and O–H groups in total. The fraction of sp³-hybridized carbons (Fsp3) is 0.531. The zero-order chi connectivity index (χ0) is 34.4. The largest absolute Gasteiger partial charge is 0.391 e. The summed E-state index contributed by atoms with van der Waals surface area (Å²) in [6.45, 7) is 5.54. The monoisotopic (exact) mass is 702 g/mol. The van der Waals surface area contributed by atoms with Gasteiger partial charge < -0.3 is 25.4 Å². The zero-order valence-corrected chi connectivity index (χ0v) is 27.9. The second-order valence-electron chi connectivity index (χ2n) is 13.3. The highest BCUT2D eigenvalue weighted by atomic mass is 35.5. The van der Waals surface area contributed by atoms with E-state index < -0.39 is 41.4 Å². The molecule has 0 spiro atoms. The molecule has 0 bridgehead atoms. The Hall–Kier alpha value is -3.32. The Balaban J connectivity index is 1.47. The molecular weight excluding hydrogens is 666 g/mol. The summed E-state index contributed by atoms with van der Waals surface area (Å²) in [6, 6.07) is 4.16. The van der Waals surface area contributed by atoms with Crippen molar-refractivity contribution in [3.8, 4) is 0 Å². The first-order valence-electron chi connectivity index (χ1n) is 15.4. The fourth-order valence-corrected chi connectivity index (χ4v) is 6.59. The average Bonchev–Trinajstić information content (AvgIpc) is 3.55. The number of nitrogens with zero attached hydrogens (tertiary/aromatic N) is 3. The molecule has 0 radical (unpaired) electrons. The van der Waals surface area contributed by atoms with Gasteiger partial charge in [0.25, 0.3) is 5.91 Å². The molecule has 2 aromatic carbocycles. The fourth-order valence-electron chi connectivity index (χ4n) is 6.06. The summed E-state index contributed by atoms with van der Waals surface area (Å²) < 4.78 is 71.7. The van der Waals surface area contributed by atoms with E-state index in [4.69, 9.17) is 23.2 Å². The smallest absolute Gasteiger partial charge is 0.365 e. The molecule has 1 atom stereocenters. The molecule has 3 aromatic rings. The van der Waals surface area contributed by atoms with Crippen LogP contribution in [0.1, 0.15) is 68.8 Å². The Kier molecular flexibility index (Phi) is 9.90. The molecule has 15 heteroatoms. The third kappa shape index (κ3) is 7.40. The van der Waals surface area contributed by atoms with Crippen molar-refractivity contribution in [1.82, 2.24) is 20.2 Å². The second-order valence-corrected chi connectivity index (χ2v) is 14.1. The normalized spacial score (nSPS) is 20.5. The molecule has 0 unspecified atom stereocenters. The third-order valence-corrected chi connectivity index (χ3v) is 9.57. The van der Waals surface area contributed by atoms with E-state index >= 15 is 4.39 Å². The molecule has 1 saturated carbocycles. The van der Waals surface area contributed by atoms with E-state index in [0.29, 0.717) is 5.56 Å². The number of halogens is 7. The van der Waals surface area contributed by atoms with Crippen molar-refractivity contribution in [3.63, 3.8) is 0 Å². The minimum absolute atomic E-state index is 0.0351. The zero-order valence-electron chi connectivity index (χ0n) is 26.4. The molecule has 47 heavy (non-hydrogen) atoms. The molecule has 2 amide bonds. The SMILES string of the molecule is Cn1c(Nc2c(Cl)ccc(CNC(=O)C(C)(C)C)c2Cl)nc2cc(C(=O)NC3CCC(C(F)(F)F)CC3)c(N3CC[C@@H](F)C3)c(F)c21. The molecular formula is C32H37Cl2F5N6O2. The van der Waals surface area contributed by atoms with Crippen molar-refractivity contribution < 1.29 is 31.5 Å². The highest BCUT2D eigenvalue weighted by Gasteiger charge is 2.42. The number of benzene rings is 2. The first-order valence-corrected chi connectivity index (χ1v) is 16.2. The van der Waals surface area contributed by atoms with E-state index in [1.165, 1.54) is 15.5 Å². The number of aryl methyl sites for hydroxylation is 1. The number of aromatic nitrogens is 2. The minimum Gasteiger partial charge on any atom is -0.365 e. The molecule has 5 rings (SSSR count). The van der Waals surface area contributed by atoms with Gasteiger partial charge in [-0.1, -0.05) is 50.0 Å². The number of anilines is 3. The predicted molar refractivity (Wildman–Crippen MR) is 173 cm³/mol. The summed E-state index contributed by atoms with van der Waals surface area (Å²) in [7, 11) is 1.56. The number of carbonyl (C=O) groups is 2. The van der Waals surface area contributed by atoms with Crippen LogP contribution in [-0.4, -0.2) is 52.8 Å². The number of imidazole rings is 1. The predicted octanol–water partition coefficient (Wildman–Crippen LogP) is 7.82. The number of alkyl halides is 4. The van der Waals surface area contributed by atoms with Gasteiger partial charge in [0.15, 0.2) is 5.82 Å². The molecule has 1 aromatic heterocycles. The lowest BCUT2D eigenvalue weighted by Crippen LogP contribution is -2.40. The molecule has 1 aliphatic carbocycles. The van der Waals surface area contributed by atoms with E-state index in [0.717, 1.165) is 0 Å². The van der Waals surface area contributed by atoms with Gasteiger partial charge in [-0.05, 0) is 49.8 Å². The number of amides is 2. The van der Waals surface area contributed by atoms with Gasteiger partial charge in [0.05, 0.1) is 38.4 Å². The number of rotatable bonds is 7. The van der Waals surface area contributed by atoms with Gasteiger partial charge in [-0.2, -0.15) is 13.2 Å². The van der Waals surface area contributed by atoms with Crippen molar-refractivity contribution in [2.45, 2.75) is 77.8 Å². The van der Waals surface area contributed by atoms with Gasteiger partial charge in [0.2, 0.25) is 11.9 Å². The lowest BCUT2D eigenvalue weighted by Gasteiger charge is -2.30. The van der Waals surface area contributed by atoms with E-state index in [1.54, 1.807) is 40.0 Å². The molecule has 2 aliphatic rings. The molecule has 1 saturated heterocycles. The van der Waals surface area contributed by atoms with Crippen molar-refractivity contribution in [2.24, 2.45) is 18.4 Å². The van der Waals surface area contributed by atoms with Crippen molar-refractivity contribution in [1.29, 1.82) is 0 Å². The van der Waals surface area contributed by atoms with Gasteiger partial charge in [-0.3, -0.25) is 9.59 Å². The Labute approximate surface area is 279 Å². The molecule has 256 valence electrons. The van der Waals surface area contributed by atoms with Gasteiger partial charge in [0, 0.05) is 38.1 Å². The van der Waals surface area contributed by atoms with E-state index in [-0.39, 0.29) is 102 Å². The average molecular weight is 704 g/mol. The summed E-state index contributed by atoms with van der Waals surface area (Å²) in [6.07, 6.45) is -5.33. The lowest BCUT2D eigenvalue weighted by atomic mass is 9.85. The Morgan fingerprint density at radius 2 is 1.74 bits per heavy atom. The van der Waals surface area contributed by atoms with Crippen molar-refractivity contribution in [2.75, 3.05) is 23.3 Å². The molecule has 8 nitrogen and oxygen atoms in total. The summed E-state index contributed by atoms with van der Waals surface area (Å²) in [5.74, 6) is -2.92. The van der Waals surface area contributed by atoms with Crippen LogP contribution < -0.4 is 20.9 Å². The second kappa shape index (κ2) is 13.3. The standard InChI is InChI=1S/C32H37Cl2F5N6O2/c1-31(2,3)29(47)40-14-16-5-10-21(33)25(23(16)34)43-30-42-22-13-20(28(46)41-19-8-6-17(7-9-19)32(37,38)39)26(24(36)27(22)44(30)4)45-12-11-18(35)15-45/h5,10,13,17-19H,6-9,11-12,14-15H2,1-4H3,(H,40,47)(H,41,46)(H,42,43)/t17?,18-,19?/m1/s1. The van der Waals surface area contributed by atoms with E-state index in [1.807, 2.05) is 0 Å². The topological polar surface area (TPSA) is 91.3 Å². The summed E-state index contributed by atoms with van der Waals surface area (Å²) >= 11 is 13.2. The maximum Gasteiger partial charge on any atom is 0.391 e. The lowest BCUT2D eigenvalue weighted by molar-refractivity contribution is -0.182. The van der Waals surface area contributed by atoms with Crippen molar-refractivity contribution in [3.05, 3.63) is 45.2 Å². The number of nitrogens with one attached hydrogen (secondary N) is 3. The van der Waals surface area contributed by atoms with Crippen LogP contribution in [0.25, 0.3) is 11.0 Å². The van der Waals surface area contributed by atoms with Crippen LogP contribution in [0.5, 0.6) is 0 Å². The minimum atomic E-state index is -4.29. The van der Waals surface area contributed by atoms with Gasteiger partial charge >= 0.3 is 6.18 Å². The van der Waals surface area contributed by atoms with Gasteiger partial charge in [-0.15, -0.1) is 0 Å². The highest BCUT2D eigenvalue weighted by molar-refractivity contribution is 6.39. The van der Waals surface area contributed by atoms with Crippen LogP contribution in [0.3, 0.4) is 0 Å².